The van der Waals surface area contributed by atoms with Crippen molar-refractivity contribution in [2.75, 3.05) is 53.4 Å². The number of hydrogen-bond acceptors (Lipinski definition) is 3. The molecule has 1 N–H and O–H groups in total. The molecule has 104 valence electrons. The van der Waals surface area contributed by atoms with Gasteiger partial charge in [-0.2, -0.15) is 0 Å². The predicted octanol–water partition coefficient (Wildman–Crippen LogP) is -0.188. The maximum atomic E-state index is 12.3. The lowest BCUT2D eigenvalue weighted by Gasteiger charge is -2.33. The van der Waals surface area contributed by atoms with E-state index in [9.17, 15) is 9.59 Å². The summed E-state index contributed by atoms with van der Waals surface area (Å²) in [5.74, 6) is -0.0352. The lowest BCUT2D eigenvalue weighted by molar-refractivity contribution is -0.129. The molecule has 0 atom stereocenters. The summed E-state index contributed by atoms with van der Waals surface area (Å²) >= 11 is 0. The number of amides is 3. The van der Waals surface area contributed by atoms with Gasteiger partial charge in [-0.15, -0.1) is 0 Å². The van der Waals surface area contributed by atoms with Gasteiger partial charge in [-0.05, 0) is 6.42 Å². The highest BCUT2D eigenvalue weighted by Crippen LogP contribution is 2.03. The van der Waals surface area contributed by atoms with Crippen molar-refractivity contribution in [2.45, 2.75) is 13.3 Å². The number of rotatable bonds is 4. The molecule has 0 aromatic heterocycles. The van der Waals surface area contributed by atoms with Gasteiger partial charge in [0.15, 0.2) is 0 Å². The van der Waals surface area contributed by atoms with Gasteiger partial charge in [0.2, 0.25) is 5.91 Å². The van der Waals surface area contributed by atoms with E-state index < -0.39 is 0 Å². The van der Waals surface area contributed by atoms with E-state index in [1.54, 1.807) is 19.0 Å². The second kappa shape index (κ2) is 7.20. The minimum absolute atomic E-state index is 0.0199. The molecule has 0 bridgehead atoms. The van der Waals surface area contributed by atoms with Crippen LogP contribution in [0.3, 0.4) is 0 Å². The van der Waals surface area contributed by atoms with E-state index in [1.165, 1.54) is 4.90 Å². The summed E-state index contributed by atoms with van der Waals surface area (Å²) in [7, 11) is 3.42. The Morgan fingerprint density at radius 1 is 1.22 bits per heavy atom. The Bertz CT molecular complexity index is 288. The lowest BCUT2D eigenvalue weighted by atomic mass is 10.3. The monoisotopic (exact) mass is 256 g/mol. The molecule has 6 nitrogen and oxygen atoms in total. The Labute approximate surface area is 109 Å². The topological polar surface area (TPSA) is 55.9 Å². The van der Waals surface area contributed by atoms with Crippen molar-refractivity contribution < 1.29 is 9.59 Å². The molecule has 0 aromatic rings. The van der Waals surface area contributed by atoms with Crippen molar-refractivity contribution >= 4 is 11.9 Å². The summed E-state index contributed by atoms with van der Waals surface area (Å²) in [5, 5.41) is 3.21. The molecule has 18 heavy (non-hydrogen) atoms. The zero-order valence-electron chi connectivity index (χ0n) is 11.6. The van der Waals surface area contributed by atoms with Gasteiger partial charge in [-0.1, -0.05) is 6.92 Å². The van der Waals surface area contributed by atoms with E-state index in [4.69, 9.17) is 0 Å². The molecular weight excluding hydrogens is 232 g/mol. The number of carbonyl (C=O) groups is 2. The molecule has 1 fully saturated rings. The van der Waals surface area contributed by atoms with Gasteiger partial charge in [-0.25, -0.2) is 4.79 Å². The Morgan fingerprint density at radius 3 is 2.33 bits per heavy atom. The first-order chi connectivity index (χ1) is 8.56. The van der Waals surface area contributed by atoms with E-state index in [-0.39, 0.29) is 18.5 Å². The number of nitrogens with zero attached hydrogens (tertiary/aromatic N) is 3. The SMILES string of the molecule is CCCN(CC(=O)N(C)C)C(=O)N1CCNCC1. The van der Waals surface area contributed by atoms with E-state index in [1.807, 2.05) is 11.8 Å². The molecule has 1 heterocycles. The zero-order chi connectivity index (χ0) is 13.5. The number of hydrogen-bond donors (Lipinski definition) is 1. The number of urea groups is 1. The summed E-state index contributed by atoms with van der Waals surface area (Å²) in [6, 6.07) is -0.0199. The molecule has 0 aliphatic carbocycles. The second-order valence-corrected chi connectivity index (χ2v) is 4.73. The molecule has 1 aliphatic rings. The highest BCUT2D eigenvalue weighted by atomic mass is 16.2. The van der Waals surface area contributed by atoms with Gasteiger partial charge in [0, 0.05) is 46.8 Å². The predicted molar refractivity (Wildman–Crippen MR) is 70.4 cm³/mol. The fourth-order valence-electron chi connectivity index (χ4n) is 1.87. The summed E-state index contributed by atoms with van der Waals surface area (Å²) in [4.78, 5) is 29.0. The third kappa shape index (κ3) is 4.18. The first kappa shape index (κ1) is 14.8. The molecule has 1 rings (SSSR count). The van der Waals surface area contributed by atoms with E-state index >= 15 is 0 Å². The molecule has 1 aliphatic heterocycles. The fourth-order valence-corrected chi connectivity index (χ4v) is 1.87. The summed E-state index contributed by atoms with van der Waals surface area (Å²) in [6.45, 7) is 5.90. The minimum Gasteiger partial charge on any atom is -0.347 e. The minimum atomic E-state index is -0.0352. The van der Waals surface area contributed by atoms with Gasteiger partial charge >= 0.3 is 6.03 Å². The van der Waals surface area contributed by atoms with Crippen LogP contribution in [0, 0.1) is 0 Å². The molecule has 0 aromatic carbocycles. The molecule has 1 saturated heterocycles. The fraction of sp³-hybridized carbons (Fsp3) is 0.833. The van der Waals surface area contributed by atoms with E-state index in [2.05, 4.69) is 5.32 Å². The van der Waals surface area contributed by atoms with Crippen LogP contribution in [0.2, 0.25) is 0 Å². The van der Waals surface area contributed by atoms with Crippen molar-refractivity contribution in [3.63, 3.8) is 0 Å². The maximum absolute atomic E-state index is 12.3. The Morgan fingerprint density at radius 2 is 1.83 bits per heavy atom. The van der Waals surface area contributed by atoms with Crippen LogP contribution >= 0.6 is 0 Å². The second-order valence-electron chi connectivity index (χ2n) is 4.73. The number of nitrogens with one attached hydrogen (secondary N) is 1. The molecule has 0 radical (unpaired) electrons. The first-order valence-corrected chi connectivity index (χ1v) is 6.51. The van der Waals surface area contributed by atoms with Crippen LogP contribution in [-0.2, 0) is 4.79 Å². The van der Waals surface area contributed by atoms with Gasteiger partial charge in [-0.3, -0.25) is 4.79 Å². The highest BCUT2D eigenvalue weighted by molar-refractivity contribution is 5.83. The van der Waals surface area contributed by atoms with Crippen LogP contribution in [0.4, 0.5) is 4.79 Å². The smallest absolute Gasteiger partial charge is 0.320 e. The average Bonchev–Trinajstić information content (AvgIpc) is 2.38. The van der Waals surface area contributed by atoms with Crippen LogP contribution in [0.15, 0.2) is 0 Å². The van der Waals surface area contributed by atoms with Crippen molar-refractivity contribution in [1.82, 2.24) is 20.0 Å². The average molecular weight is 256 g/mol. The molecular formula is C12H24N4O2. The third-order valence-electron chi connectivity index (χ3n) is 2.98. The van der Waals surface area contributed by atoms with Crippen LogP contribution in [0.1, 0.15) is 13.3 Å². The maximum Gasteiger partial charge on any atom is 0.320 e. The molecule has 0 spiro atoms. The molecule has 0 unspecified atom stereocenters. The summed E-state index contributed by atoms with van der Waals surface area (Å²) in [5.41, 5.74) is 0. The summed E-state index contributed by atoms with van der Waals surface area (Å²) < 4.78 is 0. The summed E-state index contributed by atoms with van der Waals surface area (Å²) in [6.07, 6.45) is 0.860. The van der Waals surface area contributed by atoms with E-state index in [0.717, 1.165) is 32.6 Å². The van der Waals surface area contributed by atoms with E-state index in [0.29, 0.717) is 6.54 Å². The molecule has 3 amide bonds. The molecule has 6 heteroatoms. The Hall–Kier alpha value is -1.30. The first-order valence-electron chi connectivity index (χ1n) is 6.51. The Balaban J connectivity index is 2.58. The van der Waals surface area contributed by atoms with Gasteiger partial charge in [0.05, 0.1) is 0 Å². The van der Waals surface area contributed by atoms with Crippen LogP contribution in [0.25, 0.3) is 0 Å². The van der Waals surface area contributed by atoms with Crippen molar-refractivity contribution in [2.24, 2.45) is 0 Å². The quantitative estimate of drug-likeness (QED) is 0.758. The number of likely N-dealkylation sites (N-methyl/N-ethyl adjacent to an activating group) is 1. The Kier molecular flexibility index (Phi) is 5.91. The van der Waals surface area contributed by atoms with Gasteiger partial charge in [0.1, 0.15) is 6.54 Å². The standard InChI is InChI=1S/C12H24N4O2/c1-4-7-16(10-11(17)14(2)3)12(18)15-8-5-13-6-9-15/h13H,4-10H2,1-3H3. The zero-order valence-corrected chi connectivity index (χ0v) is 11.6. The van der Waals surface area contributed by atoms with Crippen molar-refractivity contribution in [3.8, 4) is 0 Å². The van der Waals surface area contributed by atoms with Crippen molar-refractivity contribution in [3.05, 3.63) is 0 Å². The highest BCUT2D eigenvalue weighted by Gasteiger charge is 2.23. The third-order valence-corrected chi connectivity index (χ3v) is 2.98. The number of carbonyl (C=O) groups excluding carboxylic acids is 2. The van der Waals surface area contributed by atoms with Crippen LogP contribution < -0.4 is 5.32 Å². The van der Waals surface area contributed by atoms with Crippen LogP contribution in [0.5, 0.6) is 0 Å². The normalized spacial score (nSPS) is 15.4. The van der Waals surface area contributed by atoms with Crippen molar-refractivity contribution in [1.29, 1.82) is 0 Å². The molecule has 0 saturated carbocycles. The largest absolute Gasteiger partial charge is 0.347 e. The lowest BCUT2D eigenvalue weighted by Crippen LogP contribution is -2.53. The van der Waals surface area contributed by atoms with Gasteiger partial charge < -0.3 is 20.0 Å². The number of piperazine rings is 1. The van der Waals surface area contributed by atoms with Gasteiger partial charge in [0.25, 0.3) is 0 Å². The van der Waals surface area contributed by atoms with Crippen LogP contribution in [-0.4, -0.2) is 80.0 Å².